The van der Waals surface area contributed by atoms with Gasteiger partial charge >= 0.3 is 12.0 Å². The van der Waals surface area contributed by atoms with E-state index in [1.54, 1.807) is 0 Å². The number of hydrogen-bond donors (Lipinski definition) is 1. The zero-order valence-corrected chi connectivity index (χ0v) is 15.4. The molecule has 0 atom stereocenters. The van der Waals surface area contributed by atoms with E-state index in [0.29, 0.717) is 0 Å². The molecule has 0 radical (unpaired) electrons. The second-order valence-corrected chi connectivity index (χ2v) is 6.97. The van der Waals surface area contributed by atoms with Gasteiger partial charge in [-0.15, -0.1) is 5.10 Å². The van der Waals surface area contributed by atoms with Crippen molar-refractivity contribution in [1.29, 1.82) is 0 Å². The Kier molecular flexibility index (Phi) is 4.85. The summed E-state index contributed by atoms with van der Waals surface area (Å²) in [6.45, 7) is 0. The number of nitrogens with one attached hydrogen (secondary N) is 1. The van der Waals surface area contributed by atoms with Crippen LogP contribution in [0.15, 0.2) is 29.4 Å². The number of aromatic nitrogens is 4. The second-order valence-electron chi connectivity index (χ2n) is 4.99. The summed E-state index contributed by atoms with van der Waals surface area (Å²) in [5.41, 5.74) is -0.462. The lowest BCUT2D eigenvalue weighted by Crippen LogP contribution is -2.18. The lowest BCUT2D eigenvalue weighted by atomic mass is 10.2. The number of para-hydroxylation sites is 1. The smallest absolute Gasteiger partial charge is 0.340 e. The molecular weight excluding hydrogens is 405 g/mol. The predicted octanol–water partition coefficient (Wildman–Crippen LogP) is 1.51. The maximum Gasteiger partial charge on any atom is 0.340 e. The number of rotatable bonds is 5. The van der Waals surface area contributed by atoms with Crippen molar-refractivity contribution < 1.29 is 27.1 Å². The van der Waals surface area contributed by atoms with Crippen molar-refractivity contribution in [2.75, 3.05) is 18.9 Å². The molecule has 2 heterocycles. The van der Waals surface area contributed by atoms with Crippen molar-refractivity contribution in [1.82, 2.24) is 19.6 Å². The summed E-state index contributed by atoms with van der Waals surface area (Å²) in [5, 5.41) is 3.01. The number of hydrogen-bond acceptors (Lipinski definition) is 8. The molecule has 0 unspecified atom stereocenters. The van der Waals surface area contributed by atoms with E-state index in [-0.39, 0.29) is 27.9 Å². The summed E-state index contributed by atoms with van der Waals surface area (Å²) in [6.07, 6.45) is 0. The van der Waals surface area contributed by atoms with Crippen LogP contribution in [0.1, 0.15) is 10.4 Å². The van der Waals surface area contributed by atoms with Crippen molar-refractivity contribution in [3.8, 4) is 6.01 Å². The van der Waals surface area contributed by atoms with Gasteiger partial charge in [-0.05, 0) is 12.1 Å². The summed E-state index contributed by atoms with van der Waals surface area (Å²) in [5.74, 6) is -1.73. The fraction of sp³-hybridized carbons (Fsp3) is 0.143. The van der Waals surface area contributed by atoms with Gasteiger partial charge in [0.2, 0.25) is 5.95 Å². The van der Waals surface area contributed by atoms with Crippen LogP contribution >= 0.6 is 11.6 Å². The molecule has 0 aliphatic heterocycles. The Morgan fingerprint density at radius 1 is 1.30 bits per heavy atom. The summed E-state index contributed by atoms with van der Waals surface area (Å²) in [7, 11) is -2.04. The van der Waals surface area contributed by atoms with E-state index < -0.39 is 27.1 Å². The Hall–Kier alpha value is -2.99. The number of benzene rings is 1. The zero-order valence-electron chi connectivity index (χ0n) is 13.8. The maximum absolute atomic E-state index is 13.5. The first-order valence-corrected chi connectivity index (χ1v) is 9.00. The predicted molar refractivity (Wildman–Crippen MR) is 90.9 cm³/mol. The van der Waals surface area contributed by atoms with Crippen LogP contribution in [0.5, 0.6) is 6.01 Å². The average molecular weight is 416 g/mol. The normalized spacial score (nSPS) is 11.4. The van der Waals surface area contributed by atoms with Gasteiger partial charge in [0, 0.05) is 6.07 Å². The number of nitrogens with zero attached hydrogens (tertiary/aromatic N) is 4. The summed E-state index contributed by atoms with van der Waals surface area (Å²) >= 11 is 6.01. The van der Waals surface area contributed by atoms with E-state index in [1.807, 2.05) is 0 Å². The van der Waals surface area contributed by atoms with Crippen LogP contribution in [0.2, 0.25) is 5.02 Å². The quantitative estimate of drug-likeness (QED) is 0.491. The third kappa shape index (κ3) is 3.48. The van der Waals surface area contributed by atoms with Crippen LogP contribution in [0, 0.1) is 5.95 Å². The molecule has 2 aromatic heterocycles. The van der Waals surface area contributed by atoms with Gasteiger partial charge in [-0.1, -0.05) is 17.7 Å². The molecule has 1 N–H and O–H groups in total. The lowest BCUT2D eigenvalue weighted by Gasteiger charge is -2.11. The Morgan fingerprint density at radius 2 is 2.04 bits per heavy atom. The maximum atomic E-state index is 13.5. The molecule has 0 bridgehead atoms. The van der Waals surface area contributed by atoms with Gasteiger partial charge in [0.1, 0.15) is 0 Å². The molecule has 142 valence electrons. The average Bonchev–Trinajstić information content (AvgIpc) is 3.06. The molecule has 0 aliphatic carbocycles. The van der Waals surface area contributed by atoms with E-state index in [1.165, 1.54) is 25.3 Å². The van der Waals surface area contributed by atoms with Gasteiger partial charge in [-0.2, -0.15) is 27.3 Å². The van der Waals surface area contributed by atoms with Crippen molar-refractivity contribution in [2.24, 2.45) is 0 Å². The monoisotopic (exact) mass is 415 g/mol. The standard InChI is InChI=1S/C14H11ClFN5O5S/c1-25-12(22)7-4-3-5-8(15)11(7)20-27(23,24)13-18-10-6-9(16)17-14(26-2)21(10)19-13/h3-6,20H,1-2H3. The SMILES string of the molecule is COC(=O)c1cccc(Cl)c1NS(=O)(=O)c1nc2cc(F)nc(OC)n2n1. The molecule has 0 amide bonds. The number of methoxy groups -OCH3 is 2. The molecule has 0 aliphatic rings. The molecule has 3 rings (SSSR count). The van der Waals surface area contributed by atoms with E-state index in [4.69, 9.17) is 16.3 Å². The highest BCUT2D eigenvalue weighted by Gasteiger charge is 2.26. The number of esters is 1. The molecule has 3 aromatic rings. The highest BCUT2D eigenvalue weighted by Crippen LogP contribution is 2.29. The van der Waals surface area contributed by atoms with Gasteiger partial charge < -0.3 is 9.47 Å². The van der Waals surface area contributed by atoms with Crippen LogP contribution in [0.3, 0.4) is 0 Å². The molecule has 27 heavy (non-hydrogen) atoms. The third-order valence-electron chi connectivity index (χ3n) is 3.32. The highest BCUT2D eigenvalue weighted by molar-refractivity contribution is 7.92. The largest absolute Gasteiger partial charge is 0.467 e. The van der Waals surface area contributed by atoms with Gasteiger partial charge in [-0.3, -0.25) is 4.72 Å². The minimum atomic E-state index is -4.39. The van der Waals surface area contributed by atoms with Crippen LogP contribution < -0.4 is 9.46 Å². The Balaban J connectivity index is 2.09. The molecule has 13 heteroatoms. The van der Waals surface area contributed by atoms with E-state index in [9.17, 15) is 17.6 Å². The number of anilines is 1. The number of carbonyl (C=O) groups is 1. The first-order valence-electron chi connectivity index (χ1n) is 7.14. The first kappa shape index (κ1) is 18.8. The van der Waals surface area contributed by atoms with E-state index in [2.05, 4.69) is 24.5 Å². The van der Waals surface area contributed by atoms with Crippen LogP contribution in [-0.4, -0.2) is 48.2 Å². The van der Waals surface area contributed by atoms with Crippen LogP contribution in [0.25, 0.3) is 5.65 Å². The van der Waals surface area contributed by atoms with Crippen molar-refractivity contribution >= 4 is 38.9 Å². The topological polar surface area (TPSA) is 125 Å². The first-order chi connectivity index (χ1) is 12.8. The highest BCUT2D eigenvalue weighted by atomic mass is 35.5. The van der Waals surface area contributed by atoms with Crippen molar-refractivity contribution in [3.05, 3.63) is 40.8 Å². The Labute approximate surface area is 156 Å². The lowest BCUT2D eigenvalue weighted by molar-refractivity contribution is 0.0602. The van der Waals surface area contributed by atoms with Gasteiger partial charge in [0.05, 0.1) is 30.5 Å². The molecule has 0 spiro atoms. The van der Waals surface area contributed by atoms with Crippen molar-refractivity contribution in [3.63, 3.8) is 0 Å². The van der Waals surface area contributed by atoms with E-state index in [0.717, 1.165) is 17.7 Å². The van der Waals surface area contributed by atoms with Crippen LogP contribution in [-0.2, 0) is 14.8 Å². The Bertz CT molecular complexity index is 1150. The number of fused-ring (bicyclic) bond motifs is 1. The van der Waals surface area contributed by atoms with E-state index >= 15 is 0 Å². The zero-order chi connectivity index (χ0) is 19.8. The summed E-state index contributed by atoms with van der Waals surface area (Å²) in [4.78, 5) is 19.0. The second kappa shape index (κ2) is 6.96. The molecule has 10 nitrogen and oxygen atoms in total. The number of halogens is 2. The molecule has 0 saturated heterocycles. The van der Waals surface area contributed by atoms with Gasteiger partial charge in [0.25, 0.3) is 15.2 Å². The number of carbonyl (C=O) groups excluding carboxylic acids is 1. The Morgan fingerprint density at radius 3 is 2.70 bits per heavy atom. The minimum absolute atomic E-state index is 0.0458. The fourth-order valence-corrected chi connectivity index (χ4v) is 3.41. The number of ether oxygens (including phenoxy) is 2. The van der Waals surface area contributed by atoms with Gasteiger partial charge in [0.15, 0.2) is 5.65 Å². The molecule has 1 aromatic carbocycles. The van der Waals surface area contributed by atoms with Crippen LogP contribution in [0.4, 0.5) is 10.1 Å². The molecule has 0 saturated carbocycles. The summed E-state index contributed by atoms with van der Waals surface area (Å²) < 4.78 is 51.3. The molecular formula is C14H11ClFN5O5S. The molecule has 0 fully saturated rings. The minimum Gasteiger partial charge on any atom is -0.467 e. The number of sulfonamides is 1. The van der Waals surface area contributed by atoms with Gasteiger partial charge in [-0.25, -0.2) is 4.79 Å². The third-order valence-corrected chi connectivity index (χ3v) is 4.76. The van der Waals surface area contributed by atoms with Crippen molar-refractivity contribution in [2.45, 2.75) is 5.16 Å². The fourth-order valence-electron chi connectivity index (χ4n) is 2.15. The summed E-state index contributed by atoms with van der Waals surface area (Å²) in [6, 6.07) is 4.74.